The van der Waals surface area contributed by atoms with Crippen molar-refractivity contribution in [2.45, 2.75) is 13.8 Å². The molecule has 0 unspecified atom stereocenters. The smallest absolute Gasteiger partial charge is 0.319 e. The second-order valence-corrected chi connectivity index (χ2v) is 3.26. The van der Waals surface area contributed by atoms with Crippen molar-refractivity contribution in [3.8, 4) is 0 Å². The predicted molar refractivity (Wildman–Crippen MR) is 58.2 cm³/mol. The van der Waals surface area contributed by atoms with Gasteiger partial charge in [-0.1, -0.05) is 6.58 Å². The molecule has 2 N–H and O–H groups in total. The van der Waals surface area contributed by atoms with E-state index in [4.69, 9.17) is 0 Å². The summed E-state index contributed by atoms with van der Waals surface area (Å²) in [5, 5.41) is 5.14. The van der Waals surface area contributed by atoms with Gasteiger partial charge in [0.1, 0.15) is 0 Å². The lowest BCUT2D eigenvalue weighted by Crippen LogP contribution is -2.35. The van der Waals surface area contributed by atoms with Crippen LogP contribution >= 0.6 is 0 Å². The predicted octanol–water partition coefficient (Wildman–Crippen LogP) is 1.27. The fourth-order valence-corrected chi connectivity index (χ4v) is 1.19. The molecule has 0 heterocycles. The normalized spacial score (nSPS) is 15.6. The lowest BCUT2D eigenvalue weighted by molar-refractivity contribution is -0.111. The largest absolute Gasteiger partial charge is 0.338 e. The zero-order valence-electron chi connectivity index (χ0n) is 8.89. The number of carbonyl (C=O) groups is 2. The number of hydrogen-bond donors (Lipinski definition) is 2. The van der Waals surface area contributed by atoms with Crippen LogP contribution < -0.4 is 10.6 Å². The van der Waals surface area contributed by atoms with Crippen LogP contribution in [-0.4, -0.2) is 18.4 Å². The molecule has 2 amide bonds. The highest BCUT2D eigenvalue weighted by Gasteiger charge is 2.14. The first-order valence-electron chi connectivity index (χ1n) is 4.73. The third-order valence-electron chi connectivity index (χ3n) is 1.99. The molecular weight excluding hydrogens is 192 g/mol. The van der Waals surface area contributed by atoms with Crippen LogP contribution in [0.4, 0.5) is 4.79 Å². The number of nitrogens with one attached hydrogen (secondary N) is 2. The SMILES string of the molecule is C=C1C=C(C)C(=O)C=C1NC(=O)NCC. The first-order valence-corrected chi connectivity index (χ1v) is 4.73. The molecule has 4 heteroatoms. The van der Waals surface area contributed by atoms with Crippen molar-refractivity contribution < 1.29 is 9.59 Å². The van der Waals surface area contributed by atoms with Gasteiger partial charge >= 0.3 is 6.03 Å². The van der Waals surface area contributed by atoms with E-state index in [9.17, 15) is 9.59 Å². The number of urea groups is 1. The minimum atomic E-state index is -0.328. The molecule has 80 valence electrons. The molecule has 0 aromatic rings. The minimum Gasteiger partial charge on any atom is -0.338 e. The van der Waals surface area contributed by atoms with Gasteiger partial charge in [0.15, 0.2) is 5.78 Å². The van der Waals surface area contributed by atoms with E-state index in [1.54, 1.807) is 13.0 Å². The Morgan fingerprint density at radius 2 is 2.13 bits per heavy atom. The zero-order valence-corrected chi connectivity index (χ0v) is 8.89. The van der Waals surface area contributed by atoms with Crippen LogP contribution in [0.5, 0.6) is 0 Å². The number of ketones is 1. The molecule has 0 fully saturated rings. The van der Waals surface area contributed by atoms with Crippen molar-refractivity contribution in [2.24, 2.45) is 0 Å². The maximum Gasteiger partial charge on any atom is 0.319 e. The lowest BCUT2D eigenvalue weighted by atomic mass is 10.0. The van der Waals surface area contributed by atoms with Crippen molar-refractivity contribution in [1.29, 1.82) is 0 Å². The van der Waals surface area contributed by atoms with E-state index >= 15 is 0 Å². The van der Waals surface area contributed by atoms with Crippen LogP contribution in [0.1, 0.15) is 13.8 Å². The van der Waals surface area contributed by atoms with Crippen molar-refractivity contribution in [3.05, 3.63) is 35.6 Å². The standard InChI is InChI=1S/C11H14N2O2/c1-4-12-11(15)13-9-6-10(14)8(3)5-7(9)2/h5-6H,2,4H2,1,3H3,(H2,12,13,15). The van der Waals surface area contributed by atoms with Crippen LogP contribution in [0.2, 0.25) is 0 Å². The van der Waals surface area contributed by atoms with E-state index in [1.807, 2.05) is 6.92 Å². The second kappa shape index (κ2) is 4.59. The number of rotatable bonds is 2. The maximum absolute atomic E-state index is 11.3. The summed E-state index contributed by atoms with van der Waals surface area (Å²) in [7, 11) is 0. The molecule has 0 bridgehead atoms. The van der Waals surface area contributed by atoms with Crippen molar-refractivity contribution in [2.75, 3.05) is 6.54 Å². The van der Waals surface area contributed by atoms with Gasteiger partial charge in [-0.25, -0.2) is 4.79 Å². The molecule has 0 saturated heterocycles. The first-order chi connectivity index (χ1) is 7.04. The molecule has 15 heavy (non-hydrogen) atoms. The monoisotopic (exact) mass is 206 g/mol. The molecule has 0 aliphatic heterocycles. The van der Waals surface area contributed by atoms with Crippen LogP contribution in [-0.2, 0) is 4.79 Å². The topological polar surface area (TPSA) is 58.2 Å². The Kier molecular flexibility index (Phi) is 3.44. The molecule has 0 atom stereocenters. The highest BCUT2D eigenvalue weighted by molar-refractivity contribution is 6.06. The van der Waals surface area contributed by atoms with Crippen molar-refractivity contribution in [1.82, 2.24) is 10.6 Å². The molecule has 0 spiro atoms. The van der Waals surface area contributed by atoms with Gasteiger partial charge in [-0.3, -0.25) is 4.79 Å². The third-order valence-corrected chi connectivity index (χ3v) is 1.99. The Labute approximate surface area is 88.7 Å². The molecule has 0 saturated carbocycles. The summed E-state index contributed by atoms with van der Waals surface area (Å²) >= 11 is 0. The molecule has 0 aromatic heterocycles. The molecule has 0 radical (unpaired) electrons. The van der Waals surface area contributed by atoms with Crippen LogP contribution in [0, 0.1) is 0 Å². The second-order valence-electron chi connectivity index (χ2n) is 3.26. The van der Waals surface area contributed by atoms with Crippen LogP contribution in [0.15, 0.2) is 35.6 Å². The number of carbonyl (C=O) groups excluding carboxylic acids is 2. The van der Waals surface area contributed by atoms with Gasteiger partial charge in [0.05, 0.1) is 5.70 Å². The fraction of sp³-hybridized carbons (Fsp3) is 0.273. The molecule has 4 nitrogen and oxygen atoms in total. The Morgan fingerprint density at radius 1 is 1.47 bits per heavy atom. The number of hydrogen-bond acceptors (Lipinski definition) is 2. The Balaban J connectivity index is 2.72. The van der Waals surface area contributed by atoms with E-state index in [1.165, 1.54) is 6.08 Å². The summed E-state index contributed by atoms with van der Waals surface area (Å²) in [6.45, 7) is 7.82. The minimum absolute atomic E-state index is 0.103. The van der Waals surface area contributed by atoms with Gasteiger partial charge in [-0.2, -0.15) is 0 Å². The van der Waals surface area contributed by atoms with E-state index in [2.05, 4.69) is 17.2 Å². The summed E-state index contributed by atoms with van der Waals surface area (Å²) in [6, 6.07) is -0.328. The molecular formula is C11H14N2O2. The summed E-state index contributed by atoms with van der Waals surface area (Å²) in [6.07, 6.45) is 3.04. The average molecular weight is 206 g/mol. The van der Waals surface area contributed by atoms with Gasteiger partial charge in [0.2, 0.25) is 0 Å². The average Bonchev–Trinajstić information content (AvgIpc) is 2.14. The van der Waals surface area contributed by atoms with E-state index in [-0.39, 0.29) is 11.8 Å². The number of allylic oxidation sites excluding steroid dienone is 3. The van der Waals surface area contributed by atoms with Gasteiger partial charge in [0.25, 0.3) is 0 Å². The van der Waals surface area contributed by atoms with E-state index in [0.717, 1.165) is 0 Å². The Hall–Kier alpha value is -1.84. The summed E-state index contributed by atoms with van der Waals surface area (Å²) in [5.74, 6) is -0.103. The molecule has 1 aliphatic carbocycles. The lowest BCUT2D eigenvalue weighted by Gasteiger charge is -2.14. The van der Waals surface area contributed by atoms with Gasteiger partial charge < -0.3 is 10.6 Å². The maximum atomic E-state index is 11.3. The van der Waals surface area contributed by atoms with E-state index < -0.39 is 0 Å². The zero-order chi connectivity index (χ0) is 11.4. The first kappa shape index (κ1) is 11.2. The van der Waals surface area contributed by atoms with Gasteiger partial charge in [-0.05, 0) is 31.1 Å². The quantitative estimate of drug-likeness (QED) is 0.715. The number of amides is 2. The Morgan fingerprint density at radius 3 is 2.73 bits per heavy atom. The Bertz CT molecular complexity index is 378. The van der Waals surface area contributed by atoms with Crippen LogP contribution in [0.3, 0.4) is 0 Å². The summed E-state index contributed by atoms with van der Waals surface area (Å²) in [5.41, 5.74) is 1.72. The van der Waals surface area contributed by atoms with E-state index in [0.29, 0.717) is 23.4 Å². The molecule has 1 aliphatic rings. The third kappa shape index (κ3) is 2.80. The van der Waals surface area contributed by atoms with Crippen molar-refractivity contribution in [3.63, 3.8) is 0 Å². The fourth-order valence-electron chi connectivity index (χ4n) is 1.19. The summed E-state index contributed by atoms with van der Waals surface area (Å²) < 4.78 is 0. The molecule has 0 aromatic carbocycles. The van der Waals surface area contributed by atoms with Gasteiger partial charge in [-0.15, -0.1) is 0 Å². The summed E-state index contributed by atoms with van der Waals surface area (Å²) in [4.78, 5) is 22.5. The van der Waals surface area contributed by atoms with Gasteiger partial charge in [0, 0.05) is 12.6 Å². The highest BCUT2D eigenvalue weighted by atomic mass is 16.2. The van der Waals surface area contributed by atoms with Crippen molar-refractivity contribution >= 4 is 11.8 Å². The highest BCUT2D eigenvalue weighted by Crippen LogP contribution is 2.16. The van der Waals surface area contributed by atoms with Crippen LogP contribution in [0.25, 0.3) is 0 Å². The molecule has 1 rings (SSSR count).